The van der Waals surface area contributed by atoms with Crippen molar-refractivity contribution in [2.45, 2.75) is 32.9 Å². The maximum atomic E-state index is 10.8. The highest BCUT2D eigenvalue weighted by Gasteiger charge is 2.28. The van der Waals surface area contributed by atoms with Gasteiger partial charge in [-0.3, -0.25) is 9.69 Å². The predicted molar refractivity (Wildman–Crippen MR) is 53.2 cm³/mol. The number of ether oxygens (including phenoxy) is 1. The molecule has 0 saturated carbocycles. The summed E-state index contributed by atoms with van der Waals surface area (Å²) in [6.45, 7) is 8.01. The van der Waals surface area contributed by atoms with Crippen LogP contribution in [0.4, 0.5) is 0 Å². The van der Waals surface area contributed by atoms with E-state index in [0.29, 0.717) is 12.5 Å². The fourth-order valence-corrected chi connectivity index (χ4v) is 1.61. The molecule has 0 amide bonds. The van der Waals surface area contributed by atoms with Gasteiger partial charge in [0.05, 0.1) is 12.7 Å². The Morgan fingerprint density at radius 1 is 1.50 bits per heavy atom. The minimum absolute atomic E-state index is 0.172. The second kappa shape index (κ2) is 4.75. The van der Waals surface area contributed by atoms with E-state index < -0.39 is 12.0 Å². The molecule has 2 atom stereocenters. The SMILES string of the molecule is CC(C)[C@H]1CN(C(C)C(=O)O)CCO1. The van der Waals surface area contributed by atoms with Gasteiger partial charge < -0.3 is 9.84 Å². The van der Waals surface area contributed by atoms with Crippen LogP contribution in [0.5, 0.6) is 0 Å². The molecule has 1 rings (SSSR count). The lowest BCUT2D eigenvalue weighted by molar-refractivity contribution is -0.146. The molecule has 1 N–H and O–H groups in total. The Kier molecular flexibility index (Phi) is 3.89. The summed E-state index contributed by atoms with van der Waals surface area (Å²) in [6, 6.07) is -0.403. The second-order valence-corrected chi connectivity index (χ2v) is 4.16. The Balaban J connectivity index is 2.51. The van der Waals surface area contributed by atoms with E-state index in [1.54, 1.807) is 6.92 Å². The Labute approximate surface area is 84.8 Å². The van der Waals surface area contributed by atoms with Crippen LogP contribution in [0.15, 0.2) is 0 Å². The number of morpholine rings is 1. The van der Waals surface area contributed by atoms with Gasteiger partial charge in [0.15, 0.2) is 0 Å². The molecule has 82 valence electrons. The van der Waals surface area contributed by atoms with E-state index >= 15 is 0 Å². The topological polar surface area (TPSA) is 49.8 Å². The smallest absolute Gasteiger partial charge is 0.320 e. The van der Waals surface area contributed by atoms with Crippen molar-refractivity contribution in [3.05, 3.63) is 0 Å². The number of hydrogen-bond donors (Lipinski definition) is 1. The van der Waals surface area contributed by atoms with Gasteiger partial charge in [-0.15, -0.1) is 0 Å². The minimum atomic E-state index is -0.755. The zero-order chi connectivity index (χ0) is 10.7. The number of carboxylic acid groups (broad SMARTS) is 1. The van der Waals surface area contributed by atoms with Crippen LogP contribution in [0, 0.1) is 5.92 Å². The molecule has 0 aromatic carbocycles. The number of hydrogen-bond acceptors (Lipinski definition) is 3. The molecular weight excluding hydrogens is 182 g/mol. The first-order chi connectivity index (χ1) is 6.52. The van der Waals surface area contributed by atoms with Crippen LogP contribution in [0.3, 0.4) is 0 Å². The minimum Gasteiger partial charge on any atom is -0.480 e. The summed E-state index contributed by atoms with van der Waals surface area (Å²) in [5.41, 5.74) is 0. The van der Waals surface area contributed by atoms with Crippen molar-refractivity contribution in [1.29, 1.82) is 0 Å². The van der Waals surface area contributed by atoms with Gasteiger partial charge in [-0.05, 0) is 12.8 Å². The predicted octanol–water partition coefficient (Wildman–Crippen LogP) is 0.816. The number of aliphatic carboxylic acids is 1. The number of rotatable bonds is 3. The van der Waals surface area contributed by atoms with Gasteiger partial charge in [-0.1, -0.05) is 13.8 Å². The molecule has 0 aromatic rings. The zero-order valence-corrected chi connectivity index (χ0v) is 9.06. The maximum Gasteiger partial charge on any atom is 0.320 e. The Bertz CT molecular complexity index is 206. The van der Waals surface area contributed by atoms with Gasteiger partial charge >= 0.3 is 5.97 Å². The summed E-state index contributed by atoms with van der Waals surface area (Å²) < 4.78 is 5.56. The lowest BCUT2D eigenvalue weighted by Gasteiger charge is -2.36. The highest BCUT2D eigenvalue weighted by atomic mass is 16.5. The van der Waals surface area contributed by atoms with Crippen LogP contribution in [-0.4, -0.2) is 47.8 Å². The standard InChI is InChI=1S/C10H19NO3/c1-7(2)9-6-11(4-5-14-9)8(3)10(12)13/h7-9H,4-6H2,1-3H3,(H,12,13)/t8?,9-/m1/s1. The van der Waals surface area contributed by atoms with Crippen LogP contribution in [0.2, 0.25) is 0 Å². The summed E-state index contributed by atoms with van der Waals surface area (Å²) in [6.07, 6.45) is 0.172. The molecule has 0 aromatic heterocycles. The Morgan fingerprint density at radius 3 is 2.64 bits per heavy atom. The quantitative estimate of drug-likeness (QED) is 0.734. The van der Waals surface area contributed by atoms with Gasteiger partial charge in [0.25, 0.3) is 0 Å². The fourth-order valence-electron chi connectivity index (χ4n) is 1.61. The number of carbonyl (C=O) groups is 1. The second-order valence-electron chi connectivity index (χ2n) is 4.16. The van der Waals surface area contributed by atoms with Crippen LogP contribution < -0.4 is 0 Å². The van der Waals surface area contributed by atoms with Crippen molar-refractivity contribution in [3.63, 3.8) is 0 Å². The van der Waals surface area contributed by atoms with E-state index in [1.807, 2.05) is 4.90 Å². The van der Waals surface area contributed by atoms with Gasteiger partial charge in [0.2, 0.25) is 0 Å². The van der Waals surface area contributed by atoms with Crippen molar-refractivity contribution in [2.24, 2.45) is 5.92 Å². The van der Waals surface area contributed by atoms with E-state index in [2.05, 4.69) is 13.8 Å². The molecule has 0 radical (unpaired) electrons. The number of carboxylic acids is 1. The van der Waals surface area contributed by atoms with Crippen LogP contribution in [-0.2, 0) is 9.53 Å². The first kappa shape index (κ1) is 11.5. The van der Waals surface area contributed by atoms with Gasteiger partial charge in [0, 0.05) is 13.1 Å². The number of nitrogens with zero attached hydrogens (tertiary/aromatic N) is 1. The lowest BCUT2D eigenvalue weighted by atomic mass is 10.0. The molecule has 1 fully saturated rings. The average molecular weight is 201 g/mol. The Morgan fingerprint density at radius 2 is 2.14 bits per heavy atom. The molecule has 0 aliphatic carbocycles. The van der Waals surface area contributed by atoms with Crippen molar-refractivity contribution in [3.8, 4) is 0 Å². The van der Waals surface area contributed by atoms with Crippen molar-refractivity contribution in [1.82, 2.24) is 4.90 Å². The van der Waals surface area contributed by atoms with Crippen molar-refractivity contribution in [2.75, 3.05) is 19.7 Å². The first-order valence-corrected chi connectivity index (χ1v) is 5.11. The Hall–Kier alpha value is -0.610. The molecule has 4 nitrogen and oxygen atoms in total. The molecule has 0 spiro atoms. The lowest BCUT2D eigenvalue weighted by Crippen LogP contribution is -2.50. The van der Waals surface area contributed by atoms with E-state index in [9.17, 15) is 4.79 Å². The summed E-state index contributed by atoms with van der Waals surface area (Å²) in [5.74, 6) is -0.312. The highest BCUT2D eigenvalue weighted by Crippen LogP contribution is 2.15. The summed E-state index contributed by atoms with van der Waals surface area (Å²) in [5, 5.41) is 8.88. The summed E-state index contributed by atoms with van der Waals surface area (Å²) in [7, 11) is 0. The molecule has 1 unspecified atom stereocenters. The van der Waals surface area contributed by atoms with Crippen LogP contribution in [0.25, 0.3) is 0 Å². The van der Waals surface area contributed by atoms with E-state index in [0.717, 1.165) is 13.1 Å². The van der Waals surface area contributed by atoms with Gasteiger partial charge in [-0.25, -0.2) is 0 Å². The summed E-state index contributed by atoms with van der Waals surface area (Å²) >= 11 is 0. The molecule has 0 bridgehead atoms. The first-order valence-electron chi connectivity index (χ1n) is 5.11. The third kappa shape index (κ3) is 2.69. The largest absolute Gasteiger partial charge is 0.480 e. The average Bonchev–Trinajstić information content (AvgIpc) is 2.16. The molecular formula is C10H19NO3. The molecule has 14 heavy (non-hydrogen) atoms. The van der Waals surface area contributed by atoms with Crippen molar-refractivity contribution >= 4 is 5.97 Å². The molecule has 1 heterocycles. The molecule has 1 aliphatic rings. The monoisotopic (exact) mass is 201 g/mol. The van der Waals surface area contributed by atoms with Crippen molar-refractivity contribution < 1.29 is 14.6 Å². The third-order valence-electron chi connectivity index (χ3n) is 2.77. The highest BCUT2D eigenvalue weighted by molar-refractivity contribution is 5.72. The van der Waals surface area contributed by atoms with Gasteiger partial charge in [-0.2, -0.15) is 0 Å². The molecule has 1 aliphatic heterocycles. The van der Waals surface area contributed by atoms with E-state index in [4.69, 9.17) is 9.84 Å². The molecule has 4 heteroatoms. The molecule has 1 saturated heterocycles. The summed E-state index contributed by atoms with van der Waals surface area (Å²) in [4.78, 5) is 12.8. The fraction of sp³-hybridized carbons (Fsp3) is 0.900. The van der Waals surface area contributed by atoms with E-state index in [-0.39, 0.29) is 6.10 Å². The maximum absolute atomic E-state index is 10.8. The third-order valence-corrected chi connectivity index (χ3v) is 2.77. The zero-order valence-electron chi connectivity index (χ0n) is 9.06. The van der Waals surface area contributed by atoms with Crippen LogP contribution >= 0.6 is 0 Å². The van der Waals surface area contributed by atoms with Crippen LogP contribution in [0.1, 0.15) is 20.8 Å². The van der Waals surface area contributed by atoms with Gasteiger partial charge in [0.1, 0.15) is 6.04 Å². The normalized spacial score (nSPS) is 26.4. The van der Waals surface area contributed by atoms with E-state index in [1.165, 1.54) is 0 Å².